The lowest BCUT2D eigenvalue weighted by atomic mass is 10.1. The number of nitrogens with zero attached hydrogens (tertiary/aromatic N) is 1. The molecule has 1 aliphatic rings. The van der Waals surface area contributed by atoms with Crippen molar-refractivity contribution in [2.24, 2.45) is 5.92 Å². The molecule has 1 rings (SSSR count). The molecule has 17 heavy (non-hydrogen) atoms. The third kappa shape index (κ3) is 4.22. The highest BCUT2D eigenvalue weighted by Crippen LogP contribution is 2.11. The number of ketones is 1. The molecule has 0 radical (unpaired) electrons. The average Bonchev–Trinajstić information content (AvgIpc) is 2.28. The van der Waals surface area contributed by atoms with E-state index in [-0.39, 0.29) is 22.7 Å². The van der Waals surface area contributed by atoms with Crippen molar-refractivity contribution in [1.82, 2.24) is 4.90 Å². The SMILES string of the molecule is CC(C)C(C)S(=O)CC(=O)N1CCC(=O)CC1. The summed E-state index contributed by atoms with van der Waals surface area (Å²) in [5.74, 6) is 0.536. The first-order valence-corrected chi connectivity index (χ1v) is 7.46. The zero-order valence-electron chi connectivity index (χ0n) is 10.8. The minimum absolute atomic E-state index is 0.0328. The van der Waals surface area contributed by atoms with Gasteiger partial charge in [-0.25, -0.2) is 0 Å². The van der Waals surface area contributed by atoms with Gasteiger partial charge in [0.2, 0.25) is 5.91 Å². The Balaban J connectivity index is 2.44. The van der Waals surface area contributed by atoms with E-state index in [4.69, 9.17) is 0 Å². The van der Waals surface area contributed by atoms with E-state index in [2.05, 4.69) is 0 Å². The number of carbonyl (C=O) groups is 2. The van der Waals surface area contributed by atoms with E-state index in [0.29, 0.717) is 31.8 Å². The molecule has 1 heterocycles. The van der Waals surface area contributed by atoms with Crippen LogP contribution in [0.3, 0.4) is 0 Å². The van der Waals surface area contributed by atoms with Crippen molar-refractivity contribution in [2.45, 2.75) is 38.9 Å². The third-order valence-corrected chi connectivity index (χ3v) is 5.20. The van der Waals surface area contributed by atoms with Crippen LogP contribution < -0.4 is 0 Å². The summed E-state index contributed by atoms with van der Waals surface area (Å²) in [4.78, 5) is 24.6. The summed E-state index contributed by atoms with van der Waals surface area (Å²) < 4.78 is 11.9. The van der Waals surface area contributed by atoms with Gasteiger partial charge in [0.25, 0.3) is 0 Å². The quantitative estimate of drug-likeness (QED) is 0.756. The van der Waals surface area contributed by atoms with Crippen LogP contribution in [0.5, 0.6) is 0 Å². The molecular formula is C12H21NO3S. The molecule has 2 unspecified atom stereocenters. The first-order chi connectivity index (χ1) is 7.91. The first kappa shape index (κ1) is 14.4. The molecule has 0 spiro atoms. The maximum absolute atomic E-state index is 11.9. The fraction of sp³-hybridized carbons (Fsp3) is 0.833. The van der Waals surface area contributed by atoms with Crippen LogP contribution in [0.2, 0.25) is 0 Å². The lowest BCUT2D eigenvalue weighted by Crippen LogP contribution is -2.41. The minimum Gasteiger partial charge on any atom is -0.341 e. The summed E-state index contributed by atoms with van der Waals surface area (Å²) in [6.07, 6.45) is 0.885. The van der Waals surface area contributed by atoms with Gasteiger partial charge < -0.3 is 4.90 Å². The molecule has 1 amide bonds. The second kappa shape index (κ2) is 6.28. The van der Waals surface area contributed by atoms with Crippen LogP contribution in [0, 0.1) is 5.92 Å². The van der Waals surface area contributed by atoms with E-state index >= 15 is 0 Å². The van der Waals surface area contributed by atoms with Crippen LogP contribution in [0.25, 0.3) is 0 Å². The monoisotopic (exact) mass is 259 g/mol. The molecule has 98 valence electrons. The van der Waals surface area contributed by atoms with E-state index in [9.17, 15) is 13.8 Å². The van der Waals surface area contributed by atoms with Gasteiger partial charge in [-0.2, -0.15) is 0 Å². The van der Waals surface area contributed by atoms with E-state index < -0.39 is 10.8 Å². The zero-order valence-corrected chi connectivity index (χ0v) is 11.6. The molecule has 1 saturated heterocycles. The minimum atomic E-state index is -1.11. The first-order valence-electron chi connectivity index (χ1n) is 6.08. The second-order valence-electron chi connectivity index (χ2n) is 4.89. The van der Waals surface area contributed by atoms with Crippen LogP contribution >= 0.6 is 0 Å². The zero-order chi connectivity index (χ0) is 13.0. The van der Waals surface area contributed by atoms with E-state index in [1.165, 1.54) is 0 Å². The molecule has 4 nitrogen and oxygen atoms in total. The summed E-state index contributed by atoms with van der Waals surface area (Å²) in [6, 6.07) is 0. The van der Waals surface area contributed by atoms with Crippen LogP contribution in [-0.4, -0.2) is 44.9 Å². The summed E-state index contributed by atoms with van der Waals surface area (Å²) in [6.45, 7) is 6.91. The molecule has 1 aliphatic heterocycles. The molecule has 0 N–H and O–H groups in total. The molecule has 0 aromatic rings. The summed E-state index contributed by atoms with van der Waals surface area (Å²) in [5.41, 5.74) is 0. The lowest BCUT2D eigenvalue weighted by molar-refractivity contribution is -0.132. The molecule has 0 aliphatic carbocycles. The summed E-state index contributed by atoms with van der Waals surface area (Å²) in [7, 11) is -1.11. The molecule has 0 aromatic carbocycles. The Morgan fingerprint density at radius 3 is 2.29 bits per heavy atom. The molecule has 0 saturated carbocycles. The average molecular weight is 259 g/mol. The van der Waals surface area contributed by atoms with Gasteiger partial charge in [0, 0.05) is 42.0 Å². The maximum atomic E-state index is 11.9. The number of hydrogen-bond donors (Lipinski definition) is 0. The van der Waals surface area contributed by atoms with Crippen molar-refractivity contribution in [2.75, 3.05) is 18.8 Å². The predicted octanol–water partition coefficient (Wildman–Crippen LogP) is 0.971. The fourth-order valence-electron chi connectivity index (χ4n) is 1.65. The van der Waals surface area contributed by atoms with Gasteiger partial charge in [-0.1, -0.05) is 20.8 Å². The topological polar surface area (TPSA) is 54.5 Å². The van der Waals surface area contributed by atoms with Gasteiger partial charge >= 0.3 is 0 Å². The normalized spacial score (nSPS) is 20.5. The van der Waals surface area contributed by atoms with Crippen molar-refractivity contribution in [3.8, 4) is 0 Å². The van der Waals surface area contributed by atoms with Crippen molar-refractivity contribution >= 4 is 22.5 Å². The van der Waals surface area contributed by atoms with Gasteiger partial charge in [-0.3, -0.25) is 13.8 Å². The lowest BCUT2D eigenvalue weighted by Gasteiger charge is -2.26. The Labute approximate surface area is 105 Å². The van der Waals surface area contributed by atoms with Gasteiger partial charge in [-0.15, -0.1) is 0 Å². The van der Waals surface area contributed by atoms with Crippen molar-refractivity contribution < 1.29 is 13.8 Å². The highest BCUT2D eigenvalue weighted by Gasteiger charge is 2.24. The Hall–Kier alpha value is -0.710. The van der Waals surface area contributed by atoms with Crippen molar-refractivity contribution in [1.29, 1.82) is 0 Å². The number of hydrogen-bond acceptors (Lipinski definition) is 3. The Kier molecular flexibility index (Phi) is 5.31. The largest absolute Gasteiger partial charge is 0.341 e. The molecular weight excluding hydrogens is 238 g/mol. The smallest absolute Gasteiger partial charge is 0.235 e. The van der Waals surface area contributed by atoms with Crippen molar-refractivity contribution in [3.63, 3.8) is 0 Å². The number of rotatable bonds is 4. The number of amides is 1. The highest BCUT2D eigenvalue weighted by atomic mass is 32.2. The van der Waals surface area contributed by atoms with Crippen LogP contribution in [-0.2, 0) is 20.4 Å². The number of piperidine rings is 1. The van der Waals surface area contributed by atoms with Crippen LogP contribution in [0.15, 0.2) is 0 Å². The van der Waals surface area contributed by atoms with Crippen LogP contribution in [0.1, 0.15) is 33.6 Å². The number of carbonyl (C=O) groups excluding carboxylic acids is 2. The third-order valence-electron chi connectivity index (χ3n) is 3.29. The van der Waals surface area contributed by atoms with E-state index in [1.807, 2.05) is 20.8 Å². The van der Waals surface area contributed by atoms with Crippen LogP contribution in [0.4, 0.5) is 0 Å². The van der Waals surface area contributed by atoms with Gasteiger partial charge in [-0.05, 0) is 5.92 Å². The standard InChI is InChI=1S/C12H21NO3S/c1-9(2)10(3)17(16)8-12(15)13-6-4-11(14)5-7-13/h9-10H,4-8H2,1-3H3. The molecule has 5 heteroatoms. The Morgan fingerprint density at radius 1 is 1.29 bits per heavy atom. The van der Waals surface area contributed by atoms with Gasteiger partial charge in [0.1, 0.15) is 11.5 Å². The molecule has 2 atom stereocenters. The van der Waals surface area contributed by atoms with Gasteiger partial charge in [0.15, 0.2) is 0 Å². The summed E-state index contributed by atoms with van der Waals surface area (Å²) >= 11 is 0. The molecule has 0 bridgehead atoms. The molecule has 1 fully saturated rings. The predicted molar refractivity (Wildman–Crippen MR) is 68.1 cm³/mol. The second-order valence-corrected chi connectivity index (χ2v) is 6.69. The number of likely N-dealkylation sites (tertiary alicyclic amines) is 1. The van der Waals surface area contributed by atoms with Crippen molar-refractivity contribution in [3.05, 3.63) is 0 Å². The number of Topliss-reactive ketones (excluding diaryl/α,β-unsaturated/α-hetero) is 1. The molecule has 0 aromatic heterocycles. The Morgan fingerprint density at radius 2 is 1.82 bits per heavy atom. The summed E-state index contributed by atoms with van der Waals surface area (Å²) in [5, 5.41) is 0.0328. The van der Waals surface area contributed by atoms with E-state index in [1.54, 1.807) is 4.90 Å². The highest BCUT2D eigenvalue weighted by molar-refractivity contribution is 7.86. The Bertz CT molecular complexity index is 318. The van der Waals surface area contributed by atoms with Gasteiger partial charge in [0.05, 0.1) is 0 Å². The maximum Gasteiger partial charge on any atom is 0.235 e. The fourth-order valence-corrected chi connectivity index (χ4v) is 2.95. The van der Waals surface area contributed by atoms with E-state index in [0.717, 1.165) is 0 Å².